The van der Waals surface area contributed by atoms with E-state index >= 15 is 0 Å². The Morgan fingerprint density at radius 1 is 1.07 bits per heavy atom. The summed E-state index contributed by atoms with van der Waals surface area (Å²) in [5.74, 6) is 0.593. The number of pyridine rings is 1. The van der Waals surface area contributed by atoms with Crippen LogP contribution in [0.2, 0.25) is 5.02 Å². The van der Waals surface area contributed by atoms with Crippen molar-refractivity contribution < 1.29 is 14.6 Å². The van der Waals surface area contributed by atoms with Crippen LogP contribution in [0, 0.1) is 0 Å². The number of aliphatic hydroxyl groups excluding tert-OH is 1. The molecule has 5 aromatic rings. The largest absolute Gasteiger partial charge is 0.456 e. The topological polar surface area (TPSA) is 93.4 Å². The molecular weight excluding hydrogens is 406 g/mol. The van der Waals surface area contributed by atoms with E-state index < -0.39 is 6.29 Å². The monoisotopic (exact) mass is 421 g/mol. The molecule has 0 fully saturated rings. The van der Waals surface area contributed by atoms with E-state index in [-0.39, 0.29) is 12.1 Å². The molecular formula is C22H16ClN3O4. The molecule has 150 valence electrons. The normalized spacial score (nSPS) is 11.7. The quantitative estimate of drug-likeness (QED) is 0.433. The molecule has 5 rings (SSSR count). The molecule has 0 atom stereocenters. The van der Waals surface area contributed by atoms with Crippen molar-refractivity contribution in [2.45, 2.75) is 12.8 Å². The van der Waals surface area contributed by atoms with Gasteiger partial charge in [-0.3, -0.25) is 14.0 Å². The SMILES string of the molecule is O=c1c2cc(-c3ccc(Cl)cc3)oc2ccn1-c1ccc2c(cnn2CC(O)O)c1. The van der Waals surface area contributed by atoms with Gasteiger partial charge in [0, 0.05) is 27.9 Å². The van der Waals surface area contributed by atoms with Crippen LogP contribution < -0.4 is 5.56 Å². The number of nitrogens with zero attached hydrogens (tertiary/aromatic N) is 3. The first-order valence-electron chi connectivity index (χ1n) is 9.23. The summed E-state index contributed by atoms with van der Waals surface area (Å²) in [5.41, 5.74) is 2.56. The van der Waals surface area contributed by atoms with E-state index in [4.69, 9.17) is 16.0 Å². The van der Waals surface area contributed by atoms with Crippen LogP contribution >= 0.6 is 11.6 Å². The van der Waals surface area contributed by atoms with Gasteiger partial charge in [-0.1, -0.05) is 11.6 Å². The number of aliphatic hydroxyl groups is 2. The van der Waals surface area contributed by atoms with Gasteiger partial charge >= 0.3 is 0 Å². The predicted molar refractivity (Wildman–Crippen MR) is 114 cm³/mol. The van der Waals surface area contributed by atoms with Crippen molar-refractivity contribution in [2.75, 3.05) is 0 Å². The van der Waals surface area contributed by atoms with Crippen LogP contribution in [0.3, 0.4) is 0 Å². The summed E-state index contributed by atoms with van der Waals surface area (Å²) in [5, 5.41) is 24.4. The Kier molecular flexibility index (Phi) is 4.43. The highest BCUT2D eigenvalue weighted by Gasteiger charge is 2.13. The summed E-state index contributed by atoms with van der Waals surface area (Å²) in [6.07, 6.45) is 1.80. The number of benzene rings is 2. The lowest BCUT2D eigenvalue weighted by molar-refractivity contribution is -0.0526. The molecule has 0 amide bonds. The summed E-state index contributed by atoms with van der Waals surface area (Å²) in [6, 6.07) is 16.1. The van der Waals surface area contributed by atoms with Gasteiger partial charge in [0.15, 0.2) is 6.29 Å². The summed E-state index contributed by atoms with van der Waals surface area (Å²) >= 11 is 5.94. The molecule has 0 bridgehead atoms. The molecule has 0 aliphatic rings. The lowest BCUT2D eigenvalue weighted by atomic mass is 10.1. The van der Waals surface area contributed by atoms with Gasteiger partial charge in [-0.25, -0.2) is 0 Å². The number of rotatable bonds is 4. The average molecular weight is 422 g/mol. The third kappa shape index (κ3) is 3.19. The minimum absolute atomic E-state index is 0.0305. The van der Waals surface area contributed by atoms with Crippen molar-refractivity contribution in [1.82, 2.24) is 14.3 Å². The minimum atomic E-state index is -1.49. The third-order valence-electron chi connectivity index (χ3n) is 4.95. The molecule has 3 heterocycles. The molecule has 0 radical (unpaired) electrons. The number of hydrogen-bond donors (Lipinski definition) is 2. The van der Waals surface area contributed by atoms with E-state index in [1.165, 1.54) is 4.68 Å². The van der Waals surface area contributed by atoms with Crippen molar-refractivity contribution in [2.24, 2.45) is 0 Å². The highest BCUT2D eigenvalue weighted by Crippen LogP contribution is 2.27. The fraction of sp³-hybridized carbons (Fsp3) is 0.0909. The van der Waals surface area contributed by atoms with Crippen LogP contribution in [0.4, 0.5) is 0 Å². The zero-order valence-electron chi connectivity index (χ0n) is 15.6. The molecule has 0 aliphatic carbocycles. The molecule has 2 N–H and O–H groups in total. The summed E-state index contributed by atoms with van der Waals surface area (Å²) < 4.78 is 8.91. The Morgan fingerprint density at radius 2 is 1.87 bits per heavy atom. The van der Waals surface area contributed by atoms with E-state index in [9.17, 15) is 15.0 Å². The second-order valence-electron chi connectivity index (χ2n) is 6.94. The average Bonchev–Trinajstić information content (AvgIpc) is 3.33. The summed E-state index contributed by atoms with van der Waals surface area (Å²) in [6.45, 7) is -0.0305. The molecule has 30 heavy (non-hydrogen) atoms. The third-order valence-corrected chi connectivity index (χ3v) is 5.21. The molecule has 3 aromatic heterocycles. The van der Waals surface area contributed by atoms with Crippen LogP contribution in [0.5, 0.6) is 0 Å². The first-order valence-corrected chi connectivity index (χ1v) is 9.60. The Balaban J connectivity index is 1.58. The van der Waals surface area contributed by atoms with Crippen molar-refractivity contribution in [3.8, 4) is 17.0 Å². The van der Waals surface area contributed by atoms with E-state index in [0.29, 0.717) is 27.4 Å². The summed E-state index contributed by atoms with van der Waals surface area (Å²) in [4.78, 5) is 13.1. The number of aromatic nitrogens is 3. The lowest BCUT2D eigenvalue weighted by Gasteiger charge is -2.07. The number of hydrogen-bond acceptors (Lipinski definition) is 5. The Bertz CT molecular complexity index is 1430. The van der Waals surface area contributed by atoms with Crippen LogP contribution in [-0.4, -0.2) is 30.9 Å². The van der Waals surface area contributed by atoms with Gasteiger partial charge in [-0.2, -0.15) is 5.10 Å². The molecule has 0 saturated carbocycles. The Labute approximate surface area is 175 Å². The molecule has 0 unspecified atom stereocenters. The van der Waals surface area contributed by atoms with Crippen molar-refractivity contribution >= 4 is 33.5 Å². The number of halogens is 1. The van der Waals surface area contributed by atoms with Gasteiger partial charge in [0.05, 0.1) is 23.6 Å². The Hall–Kier alpha value is -3.39. The molecule has 0 aliphatic heterocycles. The highest BCUT2D eigenvalue weighted by molar-refractivity contribution is 6.30. The molecule has 2 aromatic carbocycles. The van der Waals surface area contributed by atoms with Gasteiger partial charge in [-0.15, -0.1) is 0 Å². The van der Waals surface area contributed by atoms with E-state index in [1.807, 2.05) is 18.2 Å². The molecule has 0 saturated heterocycles. The van der Waals surface area contributed by atoms with E-state index in [2.05, 4.69) is 5.10 Å². The van der Waals surface area contributed by atoms with Gasteiger partial charge < -0.3 is 14.6 Å². The standard InChI is InChI=1S/C22H16ClN3O4/c23-15-3-1-13(2-4-15)20-10-17-19(30-20)7-8-25(22(17)29)16-5-6-18-14(9-16)11-24-26(18)12-21(27)28/h1-11,21,27-28H,12H2. The fourth-order valence-corrected chi connectivity index (χ4v) is 3.65. The van der Waals surface area contributed by atoms with Crippen molar-refractivity contribution in [1.29, 1.82) is 0 Å². The second-order valence-corrected chi connectivity index (χ2v) is 7.37. The maximum atomic E-state index is 13.1. The first kappa shape index (κ1) is 18.6. The van der Waals surface area contributed by atoms with Crippen molar-refractivity contribution in [3.63, 3.8) is 0 Å². The lowest BCUT2D eigenvalue weighted by Crippen LogP contribution is -2.17. The van der Waals surface area contributed by atoms with Crippen LogP contribution in [0.15, 0.2) is 76.2 Å². The van der Waals surface area contributed by atoms with Crippen LogP contribution in [0.25, 0.3) is 38.9 Å². The van der Waals surface area contributed by atoms with E-state index in [0.717, 1.165) is 16.5 Å². The highest BCUT2D eigenvalue weighted by atomic mass is 35.5. The number of furan rings is 1. The maximum Gasteiger partial charge on any atom is 0.266 e. The second kappa shape index (κ2) is 7.14. The van der Waals surface area contributed by atoms with Crippen molar-refractivity contribution in [3.05, 3.63) is 82.4 Å². The summed E-state index contributed by atoms with van der Waals surface area (Å²) in [7, 11) is 0. The van der Waals surface area contributed by atoms with E-state index in [1.54, 1.807) is 53.4 Å². The minimum Gasteiger partial charge on any atom is -0.456 e. The van der Waals surface area contributed by atoms with Gasteiger partial charge in [-0.05, 0) is 54.6 Å². The number of fused-ring (bicyclic) bond motifs is 2. The first-order chi connectivity index (χ1) is 14.5. The smallest absolute Gasteiger partial charge is 0.266 e. The van der Waals surface area contributed by atoms with Gasteiger partial charge in [0.1, 0.15) is 11.3 Å². The van der Waals surface area contributed by atoms with Gasteiger partial charge in [0.2, 0.25) is 0 Å². The van der Waals surface area contributed by atoms with Gasteiger partial charge in [0.25, 0.3) is 5.56 Å². The van der Waals surface area contributed by atoms with Crippen LogP contribution in [0.1, 0.15) is 0 Å². The predicted octanol–water partition coefficient (Wildman–Crippen LogP) is 3.56. The zero-order chi connectivity index (χ0) is 20.8. The zero-order valence-corrected chi connectivity index (χ0v) is 16.3. The Morgan fingerprint density at radius 3 is 2.63 bits per heavy atom. The molecule has 7 nitrogen and oxygen atoms in total. The molecule has 8 heteroatoms. The molecule has 0 spiro atoms. The maximum absolute atomic E-state index is 13.1. The van der Waals surface area contributed by atoms with Crippen LogP contribution in [-0.2, 0) is 6.54 Å². The fourth-order valence-electron chi connectivity index (χ4n) is 3.52.